The van der Waals surface area contributed by atoms with Crippen molar-refractivity contribution in [3.05, 3.63) is 29.3 Å². The van der Waals surface area contributed by atoms with Crippen LogP contribution in [0.3, 0.4) is 0 Å². The molecule has 1 saturated heterocycles. The predicted octanol–water partition coefficient (Wildman–Crippen LogP) is 1.41. The van der Waals surface area contributed by atoms with Crippen molar-refractivity contribution in [2.45, 2.75) is 63.2 Å². The topological polar surface area (TPSA) is 81.8 Å². The largest absolute Gasteiger partial charge is 0.370 e. The minimum atomic E-state index is -0.564. The number of nitrogens with zero attached hydrogens (tertiary/aromatic N) is 2. The van der Waals surface area contributed by atoms with Gasteiger partial charge in [-0.25, -0.2) is 0 Å². The van der Waals surface area contributed by atoms with Gasteiger partial charge in [-0.2, -0.15) is 0 Å². The molecule has 7 nitrogen and oxygen atoms in total. The Bertz CT molecular complexity index is 809. The molecule has 0 spiro atoms. The Morgan fingerprint density at radius 2 is 1.93 bits per heavy atom. The number of fused-ring (bicyclic) bond motifs is 1. The third kappa shape index (κ3) is 3.28. The lowest BCUT2D eigenvalue weighted by Gasteiger charge is -2.39. The maximum absolute atomic E-state index is 12.8. The van der Waals surface area contributed by atoms with E-state index in [1.165, 1.54) is 19.3 Å². The van der Waals surface area contributed by atoms with Crippen LogP contribution in [0.2, 0.25) is 0 Å². The Hall–Kier alpha value is -2.41. The molecule has 3 amide bonds. The number of likely N-dealkylation sites (N-methyl/N-ethyl adjacent to an activating group) is 2. The lowest BCUT2D eigenvalue weighted by molar-refractivity contribution is -0.136. The third-order valence-corrected chi connectivity index (χ3v) is 6.51. The molecule has 2 heterocycles. The van der Waals surface area contributed by atoms with Crippen molar-refractivity contribution in [2.24, 2.45) is 0 Å². The molecule has 28 heavy (non-hydrogen) atoms. The van der Waals surface area contributed by atoms with Gasteiger partial charge in [-0.1, -0.05) is 12.8 Å². The number of carbonyl (C=O) groups is 3. The Morgan fingerprint density at radius 3 is 2.68 bits per heavy atom. The molecule has 150 valence electrons. The zero-order valence-electron chi connectivity index (χ0n) is 16.5. The van der Waals surface area contributed by atoms with E-state index in [4.69, 9.17) is 0 Å². The number of anilines is 1. The molecule has 2 N–H and O–H groups in total. The van der Waals surface area contributed by atoms with Gasteiger partial charge in [0.2, 0.25) is 11.8 Å². The monoisotopic (exact) mass is 384 g/mol. The first-order chi connectivity index (χ1) is 13.5. The third-order valence-electron chi connectivity index (χ3n) is 6.51. The van der Waals surface area contributed by atoms with Crippen LogP contribution in [0.1, 0.15) is 54.4 Å². The number of hydrogen-bond donors (Lipinski definition) is 2. The van der Waals surface area contributed by atoms with Crippen LogP contribution in [-0.2, 0) is 16.1 Å². The number of piperidine rings is 1. The van der Waals surface area contributed by atoms with E-state index in [-0.39, 0.29) is 24.1 Å². The Kier molecular flexibility index (Phi) is 5.10. The lowest BCUT2D eigenvalue weighted by Crippen LogP contribution is -2.52. The molecule has 1 aromatic rings. The fraction of sp³-hybridized carbons (Fsp3) is 0.571. The van der Waals surface area contributed by atoms with Crippen molar-refractivity contribution < 1.29 is 14.4 Å². The Morgan fingerprint density at radius 1 is 1.14 bits per heavy atom. The fourth-order valence-corrected chi connectivity index (χ4v) is 4.88. The summed E-state index contributed by atoms with van der Waals surface area (Å²) in [5.74, 6) is -0.751. The van der Waals surface area contributed by atoms with Crippen LogP contribution in [0, 0.1) is 0 Å². The van der Waals surface area contributed by atoms with E-state index in [1.54, 1.807) is 4.90 Å². The van der Waals surface area contributed by atoms with Crippen molar-refractivity contribution in [2.75, 3.05) is 19.0 Å². The minimum Gasteiger partial charge on any atom is -0.370 e. The van der Waals surface area contributed by atoms with Gasteiger partial charge in [0.1, 0.15) is 6.04 Å². The molecule has 1 aliphatic carbocycles. The van der Waals surface area contributed by atoms with Crippen molar-refractivity contribution >= 4 is 23.4 Å². The van der Waals surface area contributed by atoms with Crippen molar-refractivity contribution in [1.29, 1.82) is 0 Å². The molecule has 3 unspecified atom stereocenters. The maximum atomic E-state index is 12.8. The summed E-state index contributed by atoms with van der Waals surface area (Å²) >= 11 is 0. The molecule has 2 fully saturated rings. The summed E-state index contributed by atoms with van der Waals surface area (Å²) in [5, 5.41) is 5.80. The summed E-state index contributed by atoms with van der Waals surface area (Å²) < 4.78 is 0. The second kappa shape index (κ2) is 7.54. The van der Waals surface area contributed by atoms with Crippen LogP contribution in [0.4, 0.5) is 5.69 Å². The maximum Gasteiger partial charge on any atom is 0.255 e. The quantitative estimate of drug-likeness (QED) is 0.768. The molecule has 0 bridgehead atoms. The standard InChI is InChI=1S/C21H28N4O3/c1-22-16-5-3-4-6-17(16)24(2)14-7-8-15-13(11-14)12-25(21(15)28)18-9-10-19(26)23-20(18)27/h7-8,11,16-18,22H,3-6,9-10,12H2,1-2H3,(H,23,26,27). The number of rotatable bonds is 4. The first-order valence-electron chi connectivity index (χ1n) is 10.2. The van der Waals surface area contributed by atoms with Crippen LogP contribution in [0.5, 0.6) is 0 Å². The van der Waals surface area contributed by atoms with Crippen molar-refractivity contribution in [1.82, 2.24) is 15.5 Å². The van der Waals surface area contributed by atoms with Gasteiger partial charge in [-0.05, 0) is 50.1 Å². The lowest BCUT2D eigenvalue weighted by atomic mass is 9.89. The van der Waals surface area contributed by atoms with E-state index in [0.29, 0.717) is 30.6 Å². The van der Waals surface area contributed by atoms with E-state index < -0.39 is 6.04 Å². The highest BCUT2D eigenvalue weighted by atomic mass is 16.2. The van der Waals surface area contributed by atoms with E-state index in [9.17, 15) is 14.4 Å². The normalized spacial score (nSPS) is 27.6. The van der Waals surface area contributed by atoms with Crippen molar-refractivity contribution in [3.63, 3.8) is 0 Å². The minimum absolute atomic E-state index is 0.121. The average Bonchev–Trinajstić information content (AvgIpc) is 3.03. The highest BCUT2D eigenvalue weighted by Crippen LogP contribution is 2.32. The number of nitrogens with one attached hydrogen (secondary N) is 2. The van der Waals surface area contributed by atoms with Gasteiger partial charge >= 0.3 is 0 Å². The Balaban J connectivity index is 1.54. The van der Waals surface area contributed by atoms with Crippen LogP contribution in [0.25, 0.3) is 0 Å². The number of carbonyl (C=O) groups excluding carboxylic acids is 3. The van der Waals surface area contributed by atoms with Crippen LogP contribution >= 0.6 is 0 Å². The molecule has 0 radical (unpaired) electrons. The van der Waals surface area contributed by atoms with Gasteiger partial charge in [0.05, 0.1) is 0 Å². The highest BCUT2D eigenvalue weighted by Gasteiger charge is 2.39. The first-order valence-corrected chi connectivity index (χ1v) is 10.2. The van der Waals surface area contributed by atoms with E-state index >= 15 is 0 Å². The second-order valence-electron chi connectivity index (χ2n) is 8.10. The van der Waals surface area contributed by atoms with Gasteiger partial charge in [0, 0.05) is 43.3 Å². The van der Waals surface area contributed by atoms with E-state index in [2.05, 4.69) is 28.6 Å². The van der Waals surface area contributed by atoms with E-state index in [0.717, 1.165) is 17.7 Å². The van der Waals surface area contributed by atoms with Crippen molar-refractivity contribution in [3.8, 4) is 0 Å². The van der Waals surface area contributed by atoms with Crippen LogP contribution < -0.4 is 15.5 Å². The molecule has 4 rings (SSSR count). The molecular formula is C21H28N4O3. The number of benzene rings is 1. The number of imide groups is 1. The molecule has 2 aliphatic heterocycles. The molecule has 3 atom stereocenters. The van der Waals surface area contributed by atoms with Gasteiger partial charge < -0.3 is 15.1 Å². The molecule has 3 aliphatic rings. The smallest absolute Gasteiger partial charge is 0.255 e. The SMILES string of the molecule is CNC1CCCCC1N(C)c1ccc2c(c1)CN(C1CCC(=O)NC1=O)C2=O. The van der Waals surface area contributed by atoms with Gasteiger partial charge in [0.15, 0.2) is 0 Å². The number of hydrogen-bond acceptors (Lipinski definition) is 5. The second-order valence-corrected chi connectivity index (χ2v) is 8.10. The highest BCUT2D eigenvalue weighted by molar-refractivity contribution is 6.05. The molecule has 1 saturated carbocycles. The van der Waals surface area contributed by atoms with Crippen LogP contribution in [0.15, 0.2) is 18.2 Å². The van der Waals surface area contributed by atoms with E-state index in [1.807, 2.05) is 19.2 Å². The predicted molar refractivity (Wildman–Crippen MR) is 106 cm³/mol. The summed E-state index contributed by atoms with van der Waals surface area (Å²) in [7, 11) is 4.15. The summed E-state index contributed by atoms with van der Waals surface area (Å²) in [4.78, 5) is 40.4. The number of amides is 3. The summed E-state index contributed by atoms with van der Waals surface area (Å²) in [6.45, 7) is 0.419. The zero-order chi connectivity index (χ0) is 19.8. The summed E-state index contributed by atoms with van der Waals surface area (Å²) in [6.07, 6.45) is 5.49. The molecular weight excluding hydrogens is 356 g/mol. The molecule has 1 aromatic carbocycles. The van der Waals surface area contributed by atoms with Crippen LogP contribution in [-0.4, -0.2) is 54.8 Å². The Labute approximate surface area is 165 Å². The fourth-order valence-electron chi connectivity index (χ4n) is 4.88. The molecule has 0 aromatic heterocycles. The van der Waals surface area contributed by atoms with Gasteiger partial charge in [0.25, 0.3) is 5.91 Å². The zero-order valence-corrected chi connectivity index (χ0v) is 16.5. The first kappa shape index (κ1) is 18.9. The summed E-state index contributed by atoms with van der Waals surface area (Å²) in [5.41, 5.74) is 2.72. The molecule has 7 heteroatoms. The van der Waals surface area contributed by atoms with Gasteiger partial charge in [-0.3, -0.25) is 19.7 Å². The average molecular weight is 384 g/mol. The summed E-state index contributed by atoms with van der Waals surface area (Å²) in [6, 6.07) is 6.30. The van der Waals surface area contributed by atoms with Gasteiger partial charge in [-0.15, -0.1) is 0 Å².